The molecule has 0 fully saturated rings. The van der Waals surface area contributed by atoms with Gasteiger partial charge in [0.25, 0.3) is 0 Å². The van der Waals surface area contributed by atoms with Gasteiger partial charge in [-0.15, -0.1) is 21.9 Å². The number of fused-ring (bicyclic) bond motifs is 1. The molecule has 0 amide bonds. The van der Waals surface area contributed by atoms with Gasteiger partial charge in [0.05, 0.1) is 10.9 Å². The molecule has 1 heterocycles. The fraction of sp³-hybridized carbons (Fsp3) is 0. The maximum absolute atomic E-state index is 12.4. The molecule has 19 heavy (non-hydrogen) atoms. The minimum atomic E-state index is -0.0156. The Bertz CT molecular complexity index is 806. The average Bonchev–Trinajstić information content (AvgIpc) is 2.40. The lowest BCUT2D eigenvalue weighted by Crippen LogP contribution is -2.05. The van der Waals surface area contributed by atoms with E-state index in [2.05, 4.69) is 21.9 Å². The van der Waals surface area contributed by atoms with Crippen molar-refractivity contribution in [3.63, 3.8) is 0 Å². The second kappa shape index (κ2) is 4.84. The van der Waals surface area contributed by atoms with Crippen LogP contribution in [0.2, 0.25) is 0 Å². The SMILES string of the molecule is O=c1c(-c2ccc(S)cc2)coc2cc(P)ccc12. The van der Waals surface area contributed by atoms with Crippen molar-refractivity contribution >= 4 is 38.1 Å². The molecule has 3 rings (SSSR count). The fourth-order valence-corrected chi connectivity index (χ4v) is 2.38. The van der Waals surface area contributed by atoms with E-state index in [4.69, 9.17) is 4.42 Å². The molecule has 0 saturated heterocycles. The van der Waals surface area contributed by atoms with Gasteiger partial charge in [0.2, 0.25) is 0 Å². The van der Waals surface area contributed by atoms with Gasteiger partial charge in [0.15, 0.2) is 5.43 Å². The Morgan fingerprint density at radius 2 is 1.79 bits per heavy atom. The molecule has 3 aromatic rings. The van der Waals surface area contributed by atoms with Crippen molar-refractivity contribution in [1.29, 1.82) is 0 Å². The van der Waals surface area contributed by atoms with Gasteiger partial charge in [-0.25, -0.2) is 0 Å². The van der Waals surface area contributed by atoms with E-state index in [-0.39, 0.29) is 5.43 Å². The van der Waals surface area contributed by atoms with E-state index in [9.17, 15) is 4.79 Å². The molecular formula is C15H11O2PS. The number of hydrogen-bond acceptors (Lipinski definition) is 3. The van der Waals surface area contributed by atoms with Gasteiger partial charge in [-0.05, 0) is 35.1 Å². The Hall–Kier alpha value is -1.57. The molecule has 0 bridgehead atoms. The van der Waals surface area contributed by atoms with Crippen LogP contribution in [0.5, 0.6) is 0 Å². The number of hydrogen-bond donors (Lipinski definition) is 1. The number of rotatable bonds is 1. The maximum atomic E-state index is 12.4. The molecule has 1 aromatic heterocycles. The summed E-state index contributed by atoms with van der Waals surface area (Å²) in [5, 5.41) is 1.58. The zero-order valence-electron chi connectivity index (χ0n) is 9.96. The first-order valence-electron chi connectivity index (χ1n) is 5.75. The van der Waals surface area contributed by atoms with Crippen LogP contribution in [0.15, 0.2) is 62.8 Å². The van der Waals surface area contributed by atoms with Crippen molar-refractivity contribution in [3.05, 3.63) is 59.0 Å². The van der Waals surface area contributed by atoms with Crippen LogP contribution in [0.25, 0.3) is 22.1 Å². The van der Waals surface area contributed by atoms with Crippen LogP contribution < -0.4 is 10.7 Å². The zero-order valence-corrected chi connectivity index (χ0v) is 12.0. The third-order valence-electron chi connectivity index (χ3n) is 2.98. The summed E-state index contributed by atoms with van der Waals surface area (Å²) < 4.78 is 5.56. The lowest BCUT2D eigenvalue weighted by atomic mass is 10.1. The third-order valence-corrected chi connectivity index (χ3v) is 3.63. The lowest BCUT2D eigenvalue weighted by molar-refractivity contribution is 0.605. The molecular weight excluding hydrogens is 275 g/mol. The smallest absolute Gasteiger partial charge is 0.200 e. The van der Waals surface area contributed by atoms with Crippen molar-refractivity contribution in [2.45, 2.75) is 4.90 Å². The van der Waals surface area contributed by atoms with Crippen LogP contribution in [-0.2, 0) is 0 Å². The third kappa shape index (κ3) is 2.32. The van der Waals surface area contributed by atoms with Gasteiger partial charge < -0.3 is 4.42 Å². The molecule has 1 unspecified atom stereocenters. The van der Waals surface area contributed by atoms with Crippen LogP contribution in [0, 0.1) is 0 Å². The van der Waals surface area contributed by atoms with Crippen molar-refractivity contribution < 1.29 is 4.42 Å². The van der Waals surface area contributed by atoms with Crippen molar-refractivity contribution in [1.82, 2.24) is 0 Å². The van der Waals surface area contributed by atoms with Crippen LogP contribution in [0.4, 0.5) is 0 Å². The van der Waals surface area contributed by atoms with E-state index in [0.29, 0.717) is 16.5 Å². The van der Waals surface area contributed by atoms with Gasteiger partial charge >= 0.3 is 0 Å². The van der Waals surface area contributed by atoms with Gasteiger partial charge in [0.1, 0.15) is 11.8 Å². The van der Waals surface area contributed by atoms with E-state index in [1.807, 2.05) is 36.4 Å². The Labute approximate surface area is 118 Å². The molecule has 1 atom stereocenters. The average molecular weight is 286 g/mol. The quantitative estimate of drug-likeness (QED) is 0.550. The number of thiol groups is 1. The van der Waals surface area contributed by atoms with Gasteiger partial charge in [-0.1, -0.05) is 18.2 Å². The summed E-state index contributed by atoms with van der Waals surface area (Å²) in [5.74, 6) is 0. The monoisotopic (exact) mass is 286 g/mol. The molecule has 0 N–H and O–H groups in total. The summed E-state index contributed by atoms with van der Waals surface area (Å²) in [4.78, 5) is 13.3. The molecule has 94 valence electrons. The van der Waals surface area contributed by atoms with Gasteiger partial charge in [-0.3, -0.25) is 4.79 Å². The van der Waals surface area contributed by atoms with Crippen LogP contribution in [0.3, 0.4) is 0 Å². The molecule has 0 aliphatic heterocycles. The molecule has 0 spiro atoms. The van der Waals surface area contributed by atoms with E-state index < -0.39 is 0 Å². The highest BCUT2D eigenvalue weighted by atomic mass is 32.1. The summed E-state index contributed by atoms with van der Waals surface area (Å²) in [7, 11) is 2.59. The molecule has 4 heteroatoms. The van der Waals surface area contributed by atoms with E-state index in [1.165, 1.54) is 6.26 Å². The first-order valence-corrected chi connectivity index (χ1v) is 6.78. The van der Waals surface area contributed by atoms with E-state index >= 15 is 0 Å². The molecule has 0 aliphatic carbocycles. The predicted octanol–water partition coefficient (Wildman–Crippen LogP) is 3.25. The topological polar surface area (TPSA) is 30.2 Å². The molecule has 2 nitrogen and oxygen atoms in total. The summed E-state index contributed by atoms with van der Waals surface area (Å²) >= 11 is 4.24. The Kier molecular flexibility index (Phi) is 3.17. The van der Waals surface area contributed by atoms with Crippen molar-refractivity contribution in [2.75, 3.05) is 0 Å². The zero-order chi connectivity index (χ0) is 13.4. The van der Waals surface area contributed by atoms with Crippen LogP contribution in [-0.4, -0.2) is 0 Å². The first-order chi connectivity index (χ1) is 9.15. The largest absolute Gasteiger partial charge is 0.463 e. The molecule has 0 aliphatic rings. The Morgan fingerprint density at radius 3 is 2.53 bits per heavy atom. The standard InChI is InChI=1S/C15H11O2PS/c16-15-12-6-3-10(18)7-14(12)17-8-13(15)9-1-4-11(19)5-2-9/h1-8,19H,18H2. The van der Waals surface area contributed by atoms with Gasteiger partial charge in [-0.2, -0.15) is 0 Å². The summed E-state index contributed by atoms with van der Waals surface area (Å²) in [6.07, 6.45) is 1.52. The van der Waals surface area contributed by atoms with Crippen LogP contribution >= 0.6 is 21.9 Å². The number of benzene rings is 2. The highest BCUT2D eigenvalue weighted by Crippen LogP contribution is 2.20. The molecule has 2 aromatic carbocycles. The maximum Gasteiger partial charge on any atom is 0.200 e. The van der Waals surface area contributed by atoms with E-state index in [1.54, 1.807) is 6.07 Å². The van der Waals surface area contributed by atoms with Crippen molar-refractivity contribution in [3.8, 4) is 11.1 Å². The minimum absolute atomic E-state index is 0.0156. The Morgan fingerprint density at radius 1 is 1.05 bits per heavy atom. The summed E-state index contributed by atoms with van der Waals surface area (Å²) in [5.41, 5.74) is 1.99. The first kappa shape index (κ1) is 12.5. The second-order valence-corrected chi connectivity index (χ2v) is 5.46. The highest BCUT2D eigenvalue weighted by molar-refractivity contribution is 7.80. The molecule has 0 saturated carbocycles. The van der Waals surface area contributed by atoms with Crippen molar-refractivity contribution in [2.24, 2.45) is 0 Å². The summed E-state index contributed by atoms with van der Waals surface area (Å²) in [6.45, 7) is 0. The minimum Gasteiger partial charge on any atom is -0.463 e. The lowest BCUT2D eigenvalue weighted by Gasteiger charge is -2.03. The predicted molar refractivity (Wildman–Crippen MR) is 84.5 cm³/mol. The molecule has 0 radical (unpaired) electrons. The summed E-state index contributed by atoms with van der Waals surface area (Å²) in [6, 6.07) is 12.9. The highest BCUT2D eigenvalue weighted by Gasteiger charge is 2.08. The van der Waals surface area contributed by atoms with E-state index in [0.717, 1.165) is 15.8 Å². The van der Waals surface area contributed by atoms with Crippen LogP contribution in [0.1, 0.15) is 0 Å². The van der Waals surface area contributed by atoms with Gasteiger partial charge in [0, 0.05) is 4.90 Å². The second-order valence-electron chi connectivity index (χ2n) is 4.28. The normalized spacial score (nSPS) is 10.8. The Balaban J connectivity index is 2.26. The fourth-order valence-electron chi connectivity index (χ4n) is 1.99.